The van der Waals surface area contributed by atoms with E-state index in [0.29, 0.717) is 5.75 Å². The molecule has 0 bridgehead atoms. The van der Waals surface area contributed by atoms with Crippen molar-refractivity contribution in [3.05, 3.63) is 68.6 Å². The quantitative estimate of drug-likeness (QED) is 0.525. The monoisotopic (exact) mass is 440 g/mol. The topological polar surface area (TPSA) is 41.5 Å². The molecule has 0 radical (unpaired) electrons. The Balaban J connectivity index is 1.75. The Hall–Kier alpha value is -1.11. The van der Waals surface area contributed by atoms with Gasteiger partial charge in [-0.1, -0.05) is 68.3 Å². The zero-order chi connectivity index (χ0) is 15.8. The average Bonchev–Trinajstić information content (AvgIpc) is 2.51. The Bertz CT molecular complexity index is 677. The number of carbonyl (C=O) groups is 1. The van der Waals surface area contributed by atoms with Gasteiger partial charge in [0.2, 0.25) is 5.91 Å². The van der Waals surface area contributed by atoms with Crippen LogP contribution in [0.4, 0.5) is 0 Å². The SMILES string of the molecule is O=C(CSCc1ccccc1Br)N/N=C/c1ccccc1Br. The van der Waals surface area contributed by atoms with Crippen molar-refractivity contribution in [3.8, 4) is 0 Å². The Morgan fingerprint density at radius 2 is 1.77 bits per heavy atom. The third-order valence-corrected chi connectivity index (χ3v) is 5.22. The van der Waals surface area contributed by atoms with Crippen LogP contribution in [0.1, 0.15) is 11.1 Å². The third kappa shape index (κ3) is 5.59. The number of hydrazone groups is 1. The van der Waals surface area contributed by atoms with Crippen LogP contribution in [0, 0.1) is 0 Å². The van der Waals surface area contributed by atoms with Crippen LogP contribution >= 0.6 is 43.6 Å². The van der Waals surface area contributed by atoms with Crippen molar-refractivity contribution in [1.29, 1.82) is 0 Å². The van der Waals surface area contributed by atoms with Gasteiger partial charge in [-0.15, -0.1) is 11.8 Å². The number of amides is 1. The summed E-state index contributed by atoms with van der Waals surface area (Å²) < 4.78 is 2.01. The summed E-state index contributed by atoms with van der Waals surface area (Å²) in [6, 6.07) is 15.7. The van der Waals surface area contributed by atoms with E-state index in [4.69, 9.17) is 0 Å². The van der Waals surface area contributed by atoms with Crippen molar-refractivity contribution in [1.82, 2.24) is 5.43 Å². The summed E-state index contributed by atoms with van der Waals surface area (Å²) in [5, 5.41) is 3.97. The maximum atomic E-state index is 11.7. The lowest BCUT2D eigenvalue weighted by molar-refractivity contribution is -0.118. The van der Waals surface area contributed by atoms with Gasteiger partial charge in [-0.3, -0.25) is 4.79 Å². The van der Waals surface area contributed by atoms with Crippen LogP contribution in [0.3, 0.4) is 0 Å². The van der Waals surface area contributed by atoms with E-state index in [0.717, 1.165) is 20.3 Å². The minimum atomic E-state index is -0.111. The Labute approximate surface area is 150 Å². The van der Waals surface area contributed by atoms with Crippen LogP contribution in [0.15, 0.2) is 62.6 Å². The highest BCUT2D eigenvalue weighted by Crippen LogP contribution is 2.21. The second-order valence-electron chi connectivity index (χ2n) is 4.40. The van der Waals surface area contributed by atoms with Gasteiger partial charge in [0, 0.05) is 20.3 Å². The predicted molar refractivity (Wildman–Crippen MR) is 100 cm³/mol. The molecular formula is C16H14Br2N2OS. The molecule has 0 saturated heterocycles. The van der Waals surface area contributed by atoms with E-state index in [2.05, 4.69) is 42.4 Å². The first-order valence-electron chi connectivity index (χ1n) is 6.54. The summed E-state index contributed by atoms with van der Waals surface area (Å²) in [6.07, 6.45) is 1.63. The van der Waals surface area contributed by atoms with E-state index < -0.39 is 0 Å². The fourth-order valence-electron chi connectivity index (χ4n) is 1.66. The fourth-order valence-corrected chi connectivity index (χ4v) is 3.48. The molecule has 0 aromatic heterocycles. The van der Waals surface area contributed by atoms with E-state index in [9.17, 15) is 4.79 Å². The smallest absolute Gasteiger partial charge is 0.250 e. The molecule has 1 N–H and O–H groups in total. The maximum Gasteiger partial charge on any atom is 0.250 e. The van der Waals surface area contributed by atoms with Crippen molar-refractivity contribution < 1.29 is 4.79 Å². The number of nitrogens with one attached hydrogen (secondary N) is 1. The lowest BCUT2D eigenvalue weighted by atomic mass is 10.2. The number of nitrogens with zero attached hydrogens (tertiary/aromatic N) is 1. The number of thioether (sulfide) groups is 1. The van der Waals surface area contributed by atoms with E-state index in [-0.39, 0.29) is 5.91 Å². The van der Waals surface area contributed by atoms with Crippen molar-refractivity contribution in [2.75, 3.05) is 5.75 Å². The lowest BCUT2D eigenvalue weighted by Gasteiger charge is -2.03. The zero-order valence-electron chi connectivity index (χ0n) is 11.6. The zero-order valence-corrected chi connectivity index (χ0v) is 15.6. The van der Waals surface area contributed by atoms with Gasteiger partial charge < -0.3 is 0 Å². The van der Waals surface area contributed by atoms with Crippen molar-refractivity contribution in [3.63, 3.8) is 0 Å². The minimum absolute atomic E-state index is 0.111. The first-order valence-corrected chi connectivity index (χ1v) is 9.28. The van der Waals surface area contributed by atoms with Gasteiger partial charge in [0.25, 0.3) is 0 Å². The maximum absolute atomic E-state index is 11.7. The molecule has 2 rings (SSSR count). The van der Waals surface area contributed by atoms with Crippen LogP contribution in [0.25, 0.3) is 0 Å². The van der Waals surface area contributed by atoms with Crippen molar-refractivity contribution >= 4 is 55.7 Å². The van der Waals surface area contributed by atoms with Crippen molar-refractivity contribution in [2.24, 2.45) is 5.10 Å². The molecular weight excluding hydrogens is 428 g/mol. The molecule has 2 aromatic carbocycles. The Morgan fingerprint density at radius 1 is 1.09 bits per heavy atom. The van der Waals surface area contributed by atoms with Crippen LogP contribution in [0.2, 0.25) is 0 Å². The number of benzene rings is 2. The van der Waals surface area contributed by atoms with Crippen LogP contribution in [-0.2, 0) is 10.5 Å². The van der Waals surface area contributed by atoms with Gasteiger partial charge in [0.15, 0.2) is 0 Å². The predicted octanol–water partition coefficient (Wildman–Crippen LogP) is 4.60. The van der Waals surface area contributed by atoms with Crippen LogP contribution in [-0.4, -0.2) is 17.9 Å². The standard InChI is InChI=1S/C16H14Br2N2OS/c17-14-7-3-1-5-12(14)9-19-20-16(21)11-22-10-13-6-2-4-8-15(13)18/h1-9H,10-11H2,(H,20,21)/b19-9+. The molecule has 0 atom stereocenters. The van der Waals surface area contributed by atoms with Gasteiger partial charge in [0.1, 0.15) is 0 Å². The molecule has 0 aliphatic rings. The number of carbonyl (C=O) groups excluding carboxylic acids is 1. The van der Waals surface area contributed by atoms with Gasteiger partial charge in [-0.2, -0.15) is 5.10 Å². The average molecular weight is 442 g/mol. The van der Waals surface area contributed by atoms with Crippen molar-refractivity contribution in [2.45, 2.75) is 5.75 Å². The molecule has 3 nitrogen and oxygen atoms in total. The first kappa shape index (κ1) is 17.2. The van der Waals surface area contributed by atoms with Gasteiger partial charge in [-0.25, -0.2) is 5.43 Å². The van der Waals surface area contributed by atoms with E-state index in [1.807, 2.05) is 48.5 Å². The Kier molecular flexibility index (Phi) is 7.15. The normalized spacial score (nSPS) is 10.8. The Morgan fingerprint density at radius 3 is 2.50 bits per heavy atom. The van der Waals surface area contributed by atoms with Gasteiger partial charge in [0.05, 0.1) is 12.0 Å². The highest BCUT2D eigenvalue weighted by Gasteiger charge is 2.03. The highest BCUT2D eigenvalue weighted by atomic mass is 79.9. The first-order chi connectivity index (χ1) is 10.7. The molecule has 0 spiro atoms. The minimum Gasteiger partial charge on any atom is -0.272 e. The third-order valence-electron chi connectivity index (χ3n) is 2.75. The molecule has 114 valence electrons. The van der Waals surface area contributed by atoms with Crippen LogP contribution < -0.4 is 5.43 Å². The van der Waals surface area contributed by atoms with E-state index in [1.165, 1.54) is 5.56 Å². The molecule has 0 fully saturated rings. The molecule has 1 amide bonds. The van der Waals surface area contributed by atoms with Gasteiger partial charge >= 0.3 is 0 Å². The van der Waals surface area contributed by atoms with Gasteiger partial charge in [-0.05, 0) is 17.7 Å². The van der Waals surface area contributed by atoms with Crippen LogP contribution in [0.5, 0.6) is 0 Å². The number of hydrogen-bond acceptors (Lipinski definition) is 3. The summed E-state index contributed by atoms with van der Waals surface area (Å²) in [5.74, 6) is 1.04. The molecule has 0 heterocycles. The van der Waals surface area contributed by atoms with E-state index in [1.54, 1.807) is 18.0 Å². The molecule has 0 unspecified atom stereocenters. The summed E-state index contributed by atoms with van der Waals surface area (Å²) in [5.41, 5.74) is 4.63. The number of rotatable bonds is 6. The summed E-state index contributed by atoms with van der Waals surface area (Å²) >= 11 is 8.47. The summed E-state index contributed by atoms with van der Waals surface area (Å²) in [7, 11) is 0. The molecule has 6 heteroatoms. The lowest BCUT2D eigenvalue weighted by Crippen LogP contribution is -2.19. The molecule has 0 aliphatic carbocycles. The van der Waals surface area contributed by atoms with E-state index >= 15 is 0 Å². The summed E-state index contributed by atoms with van der Waals surface area (Å²) in [6.45, 7) is 0. The second kappa shape index (κ2) is 9.12. The fraction of sp³-hybridized carbons (Fsp3) is 0.125. The highest BCUT2D eigenvalue weighted by molar-refractivity contribution is 9.10. The number of halogens is 2. The number of hydrogen-bond donors (Lipinski definition) is 1. The second-order valence-corrected chi connectivity index (χ2v) is 7.09. The largest absolute Gasteiger partial charge is 0.272 e. The molecule has 2 aromatic rings. The molecule has 0 aliphatic heterocycles. The molecule has 22 heavy (non-hydrogen) atoms. The molecule has 0 saturated carbocycles. The summed E-state index contributed by atoms with van der Waals surface area (Å²) in [4.78, 5) is 11.7.